The molecule has 0 spiro atoms. The number of rotatable bonds is 3. The number of allylic oxidation sites excluding steroid dienone is 1. The molecule has 2 saturated heterocycles. The molecule has 1 aliphatic carbocycles. The van der Waals surface area contributed by atoms with Gasteiger partial charge in [0.15, 0.2) is 0 Å². The van der Waals surface area contributed by atoms with Gasteiger partial charge in [0.1, 0.15) is 5.76 Å². The SMILES string of the molecule is COC1=C(N)C=CCC1N1CCC(N2CCN(C)CC2)CC1. The highest BCUT2D eigenvalue weighted by Crippen LogP contribution is 2.27. The van der Waals surface area contributed by atoms with Gasteiger partial charge in [-0.1, -0.05) is 6.08 Å². The van der Waals surface area contributed by atoms with Crippen molar-refractivity contribution in [3.63, 3.8) is 0 Å². The van der Waals surface area contributed by atoms with E-state index in [2.05, 4.69) is 27.8 Å². The molecule has 0 bridgehead atoms. The monoisotopic (exact) mass is 306 g/mol. The normalized spacial score (nSPS) is 30.0. The fourth-order valence-electron chi connectivity index (χ4n) is 4.02. The number of piperazine rings is 1. The van der Waals surface area contributed by atoms with Gasteiger partial charge in [0.2, 0.25) is 0 Å². The Morgan fingerprint density at radius 2 is 1.73 bits per heavy atom. The van der Waals surface area contributed by atoms with Crippen LogP contribution in [-0.4, -0.2) is 80.2 Å². The van der Waals surface area contributed by atoms with Crippen molar-refractivity contribution in [1.82, 2.24) is 14.7 Å². The number of likely N-dealkylation sites (tertiary alicyclic amines) is 1. The molecule has 124 valence electrons. The van der Waals surface area contributed by atoms with Crippen LogP contribution in [0.2, 0.25) is 0 Å². The third-order valence-corrected chi connectivity index (χ3v) is 5.46. The maximum atomic E-state index is 6.07. The van der Waals surface area contributed by atoms with E-state index in [1.165, 1.54) is 39.0 Å². The Morgan fingerprint density at radius 3 is 2.36 bits per heavy atom. The molecule has 5 heteroatoms. The minimum Gasteiger partial charge on any atom is -0.497 e. The molecule has 0 saturated carbocycles. The molecule has 2 N–H and O–H groups in total. The zero-order valence-electron chi connectivity index (χ0n) is 14.0. The third-order valence-electron chi connectivity index (χ3n) is 5.46. The Kier molecular flexibility index (Phi) is 5.06. The number of likely N-dealkylation sites (N-methyl/N-ethyl adjacent to an activating group) is 1. The van der Waals surface area contributed by atoms with Crippen LogP contribution in [0.4, 0.5) is 0 Å². The molecule has 0 aromatic rings. The number of piperidine rings is 1. The zero-order chi connectivity index (χ0) is 15.5. The minimum atomic E-state index is 0.337. The summed E-state index contributed by atoms with van der Waals surface area (Å²) in [6.45, 7) is 7.17. The molecule has 0 aromatic carbocycles. The van der Waals surface area contributed by atoms with E-state index in [9.17, 15) is 0 Å². The molecule has 3 rings (SSSR count). The molecule has 1 atom stereocenters. The highest BCUT2D eigenvalue weighted by molar-refractivity contribution is 5.28. The second-order valence-corrected chi connectivity index (χ2v) is 6.78. The lowest BCUT2D eigenvalue weighted by Crippen LogP contribution is -2.53. The second-order valence-electron chi connectivity index (χ2n) is 6.78. The number of methoxy groups -OCH3 is 1. The molecule has 1 unspecified atom stereocenters. The summed E-state index contributed by atoms with van der Waals surface area (Å²) in [7, 11) is 3.96. The van der Waals surface area contributed by atoms with Gasteiger partial charge in [-0.3, -0.25) is 9.80 Å². The van der Waals surface area contributed by atoms with Crippen LogP contribution < -0.4 is 5.73 Å². The minimum absolute atomic E-state index is 0.337. The van der Waals surface area contributed by atoms with Crippen LogP contribution in [-0.2, 0) is 4.74 Å². The molecule has 2 heterocycles. The molecule has 0 amide bonds. The molecule has 2 fully saturated rings. The zero-order valence-corrected chi connectivity index (χ0v) is 14.0. The first kappa shape index (κ1) is 15.8. The summed E-state index contributed by atoms with van der Waals surface area (Å²) in [5.41, 5.74) is 6.86. The fraction of sp³-hybridized carbons (Fsp3) is 0.765. The van der Waals surface area contributed by atoms with E-state index in [1.807, 2.05) is 6.08 Å². The van der Waals surface area contributed by atoms with Gasteiger partial charge in [-0.25, -0.2) is 0 Å². The molecular weight excluding hydrogens is 276 g/mol. The summed E-state index contributed by atoms with van der Waals surface area (Å²) < 4.78 is 5.57. The molecule has 2 aliphatic heterocycles. The summed E-state index contributed by atoms with van der Waals surface area (Å²) in [6, 6.07) is 1.10. The quantitative estimate of drug-likeness (QED) is 0.837. The lowest BCUT2D eigenvalue weighted by Gasteiger charge is -2.44. The van der Waals surface area contributed by atoms with Crippen LogP contribution in [0, 0.1) is 0 Å². The van der Waals surface area contributed by atoms with Crippen molar-refractivity contribution < 1.29 is 4.74 Å². The largest absolute Gasteiger partial charge is 0.497 e. The van der Waals surface area contributed by atoms with E-state index in [0.717, 1.165) is 37.0 Å². The maximum absolute atomic E-state index is 6.07. The van der Waals surface area contributed by atoms with Gasteiger partial charge < -0.3 is 15.4 Å². The molecule has 0 aromatic heterocycles. The van der Waals surface area contributed by atoms with Crippen molar-refractivity contribution >= 4 is 0 Å². The fourth-order valence-corrected chi connectivity index (χ4v) is 4.02. The average molecular weight is 306 g/mol. The molecular formula is C17H30N4O. The number of ether oxygens (including phenoxy) is 1. The maximum Gasteiger partial charge on any atom is 0.136 e. The van der Waals surface area contributed by atoms with Crippen LogP contribution in [0.25, 0.3) is 0 Å². The first-order valence-corrected chi connectivity index (χ1v) is 8.56. The Morgan fingerprint density at radius 1 is 1.05 bits per heavy atom. The van der Waals surface area contributed by atoms with Gasteiger partial charge in [0, 0.05) is 45.3 Å². The molecule has 22 heavy (non-hydrogen) atoms. The van der Waals surface area contributed by atoms with E-state index in [-0.39, 0.29) is 0 Å². The summed E-state index contributed by atoms with van der Waals surface area (Å²) in [5, 5.41) is 0. The summed E-state index contributed by atoms with van der Waals surface area (Å²) in [4.78, 5) is 7.68. The molecule has 3 aliphatic rings. The predicted octanol–water partition coefficient (Wildman–Crippen LogP) is 0.843. The Labute approximate surface area is 134 Å². The van der Waals surface area contributed by atoms with Crippen molar-refractivity contribution in [2.45, 2.75) is 31.3 Å². The van der Waals surface area contributed by atoms with Crippen molar-refractivity contribution in [3.8, 4) is 0 Å². The van der Waals surface area contributed by atoms with Gasteiger partial charge >= 0.3 is 0 Å². The number of nitrogens with two attached hydrogens (primary N) is 1. The number of hydrogen-bond donors (Lipinski definition) is 1. The van der Waals surface area contributed by atoms with Crippen molar-refractivity contribution in [2.75, 3.05) is 53.4 Å². The summed E-state index contributed by atoms with van der Waals surface area (Å²) in [6.07, 6.45) is 7.70. The number of nitrogens with zero attached hydrogens (tertiary/aromatic N) is 3. The van der Waals surface area contributed by atoms with E-state index >= 15 is 0 Å². The van der Waals surface area contributed by atoms with Crippen LogP contribution in [0.15, 0.2) is 23.6 Å². The van der Waals surface area contributed by atoms with Crippen molar-refractivity contribution in [2.24, 2.45) is 5.73 Å². The Balaban J connectivity index is 1.54. The topological polar surface area (TPSA) is 45.0 Å². The lowest BCUT2D eigenvalue weighted by atomic mass is 9.96. The highest BCUT2D eigenvalue weighted by Gasteiger charge is 2.32. The Bertz CT molecular complexity index is 432. The number of hydrogen-bond acceptors (Lipinski definition) is 5. The van der Waals surface area contributed by atoms with Gasteiger partial charge in [-0.05, 0) is 32.4 Å². The average Bonchev–Trinajstić information content (AvgIpc) is 2.55. The third kappa shape index (κ3) is 3.31. The van der Waals surface area contributed by atoms with E-state index < -0.39 is 0 Å². The Hall–Kier alpha value is -1.04. The molecule has 5 nitrogen and oxygen atoms in total. The summed E-state index contributed by atoms with van der Waals surface area (Å²) in [5.74, 6) is 0.959. The van der Waals surface area contributed by atoms with E-state index in [4.69, 9.17) is 10.5 Å². The van der Waals surface area contributed by atoms with Gasteiger partial charge in [-0.15, -0.1) is 0 Å². The first-order chi connectivity index (χ1) is 10.7. The highest BCUT2D eigenvalue weighted by atomic mass is 16.5. The van der Waals surface area contributed by atoms with Gasteiger partial charge in [0.05, 0.1) is 18.8 Å². The van der Waals surface area contributed by atoms with Crippen LogP contribution >= 0.6 is 0 Å². The van der Waals surface area contributed by atoms with Gasteiger partial charge in [-0.2, -0.15) is 0 Å². The smallest absolute Gasteiger partial charge is 0.136 e. The van der Waals surface area contributed by atoms with E-state index in [0.29, 0.717) is 6.04 Å². The van der Waals surface area contributed by atoms with Crippen molar-refractivity contribution in [1.29, 1.82) is 0 Å². The molecule has 0 radical (unpaired) electrons. The van der Waals surface area contributed by atoms with Crippen molar-refractivity contribution in [3.05, 3.63) is 23.6 Å². The van der Waals surface area contributed by atoms with E-state index in [1.54, 1.807) is 7.11 Å². The standard InChI is InChI=1S/C17H30N4O/c1-19-10-12-20(13-11-19)14-6-8-21(9-7-14)16-5-3-4-15(18)17(16)22-2/h3-4,14,16H,5-13,18H2,1-2H3. The first-order valence-electron chi connectivity index (χ1n) is 8.56. The van der Waals surface area contributed by atoms with Crippen LogP contribution in [0.5, 0.6) is 0 Å². The summed E-state index contributed by atoms with van der Waals surface area (Å²) >= 11 is 0. The lowest BCUT2D eigenvalue weighted by molar-refractivity contribution is 0.0496. The van der Waals surface area contributed by atoms with Crippen LogP contribution in [0.1, 0.15) is 19.3 Å². The predicted molar refractivity (Wildman–Crippen MR) is 89.4 cm³/mol. The second kappa shape index (κ2) is 7.02. The van der Waals surface area contributed by atoms with Crippen LogP contribution in [0.3, 0.4) is 0 Å². The van der Waals surface area contributed by atoms with Gasteiger partial charge in [0.25, 0.3) is 0 Å².